The first-order valence-corrected chi connectivity index (χ1v) is 11.0. The van der Waals surface area contributed by atoms with Crippen LogP contribution in [0.4, 0.5) is 0 Å². The maximum Gasteiger partial charge on any atom is 0.244 e. The topological polar surface area (TPSA) is 105 Å². The van der Waals surface area contributed by atoms with Crippen molar-refractivity contribution in [2.75, 3.05) is 26.8 Å². The molecule has 0 spiro atoms. The molecule has 2 heterocycles. The standard InChI is InChI=1S/C18H25ClN2O6S/c1-20-18(23)8-13-6-7-15-16(27-13)11-26-10-12(22)9-21(15)28(24,25)17-5-3-2-4-14(17)19/h2-5,12-13,15-16,22H,6-11H2,1H3,(H,20,23)/t12-,13-,15-,16+/m1/s1. The number of ether oxygens (including phenoxy) is 2. The van der Waals surface area contributed by atoms with Crippen LogP contribution in [0, 0.1) is 0 Å². The number of amides is 1. The fraction of sp³-hybridized carbons (Fsp3) is 0.611. The largest absolute Gasteiger partial charge is 0.389 e. The van der Waals surface area contributed by atoms with Gasteiger partial charge < -0.3 is 19.9 Å². The second-order valence-electron chi connectivity index (χ2n) is 7.01. The molecule has 2 N–H and O–H groups in total. The average Bonchev–Trinajstić information content (AvgIpc) is 2.65. The second-order valence-corrected chi connectivity index (χ2v) is 9.28. The lowest BCUT2D eigenvalue weighted by Crippen LogP contribution is -2.57. The highest BCUT2D eigenvalue weighted by Gasteiger charge is 2.43. The van der Waals surface area contributed by atoms with E-state index >= 15 is 0 Å². The summed E-state index contributed by atoms with van der Waals surface area (Å²) >= 11 is 6.14. The Labute approximate surface area is 169 Å². The van der Waals surface area contributed by atoms with Crippen LogP contribution in [0.1, 0.15) is 19.3 Å². The molecule has 0 saturated carbocycles. The van der Waals surface area contributed by atoms with Gasteiger partial charge in [0.05, 0.1) is 49.0 Å². The number of aliphatic hydroxyl groups excluding tert-OH is 1. The fourth-order valence-electron chi connectivity index (χ4n) is 3.66. The van der Waals surface area contributed by atoms with Gasteiger partial charge in [0.1, 0.15) is 4.90 Å². The second kappa shape index (κ2) is 9.06. The van der Waals surface area contributed by atoms with Crippen LogP contribution in [0.15, 0.2) is 29.2 Å². The summed E-state index contributed by atoms with van der Waals surface area (Å²) in [5.41, 5.74) is 0. The van der Waals surface area contributed by atoms with Gasteiger partial charge in [-0.3, -0.25) is 4.79 Å². The minimum atomic E-state index is -3.95. The molecule has 2 fully saturated rings. The number of hydrogen-bond acceptors (Lipinski definition) is 6. The van der Waals surface area contributed by atoms with E-state index in [2.05, 4.69) is 5.32 Å². The van der Waals surface area contributed by atoms with E-state index in [-0.39, 0.29) is 48.1 Å². The predicted octanol–water partition coefficient (Wildman–Crippen LogP) is 0.774. The number of benzene rings is 1. The van der Waals surface area contributed by atoms with Gasteiger partial charge in [-0.25, -0.2) is 8.42 Å². The molecular formula is C18H25ClN2O6S. The lowest BCUT2D eigenvalue weighted by molar-refractivity contribution is -0.146. The van der Waals surface area contributed by atoms with E-state index in [1.807, 2.05) is 0 Å². The number of rotatable bonds is 4. The Morgan fingerprint density at radius 2 is 2.07 bits per heavy atom. The molecule has 2 saturated heterocycles. The number of nitrogens with zero attached hydrogens (tertiary/aromatic N) is 1. The van der Waals surface area contributed by atoms with Gasteiger partial charge >= 0.3 is 0 Å². The van der Waals surface area contributed by atoms with Crippen molar-refractivity contribution in [1.29, 1.82) is 0 Å². The van der Waals surface area contributed by atoms with E-state index < -0.39 is 28.3 Å². The number of β-amino-alcohol motifs (C(OH)–C–C–N with tert-alkyl or cyclic N) is 1. The van der Waals surface area contributed by atoms with Crippen molar-refractivity contribution in [1.82, 2.24) is 9.62 Å². The molecule has 1 aromatic carbocycles. The number of nitrogens with one attached hydrogen (secondary N) is 1. The summed E-state index contributed by atoms with van der Waals surface area (Å²) in [6, 6.07) is 5.72. The molecule has 3 rings (SSSR count). The summed E-state index contributed by atoms with van der Waals surface area (Å²) in [5.74, 6) is -0.133. The first-order valence-electron chi connectivity index (χ1n) is 9.21. The number of sulfonamides is 1. The van der Waals surface area contributed by atoms with Crippen molar-refractivity contribution >= 4 is 27.5 Å². The van der Waals surface area contributed by atoms with Crippen molar-refractivity contribution in [2.45, 2.75) is 48.5 Å². The number of fused-ring (bicyclic) bond motifs is 1. The molecule has 2 aliphatic heterocycles. The number of aliphatic hydroxyl groups is 1. The van der Waals surface area contributed by atoms with Crippen LogP contribution in [0.2, 0.25) is 5.02 Å². The van der Waals surface area contributed by atoms with Crippen LogP contribution >= 0.6 is 11.6 Å². The lowest BCUT2D eigenvalue weighted by Gasteiger charge is -2.43. The molecule has 28 heavy (non-hydrogen) atoms. The van der Waals surface area contributed by atoms with Crippen LogP contribution in [0.25, 0.3) is 0 Å². The Kier molecular flexibility index (Phi) is 6.95. The molecule has 0 aromatic heterocycles. The Hall–Kier alpha value is -1.23. The summed E-state index contributed by atoms with van der Waals surface area (Å²) in [6.07, 6.45) is -0.570. The summed E-state index contributed by atoms with van der Waals surface area (Å²) in [7, 11) is -2.39. The maximum absolute atomic E-state index is 13.3. The van der Waals surface area contributed by atoms with Gasteiger partial charge in [0, 0.05) is 13.6 Å². The molecule has 0 aliphatic carbocycles. The van der Waals surface area contributed by atoms with Crippen LogP contribution in [0.3, 0.4) is 0 Å². The van der Waals surface area contributed by atoms with Crippen molar-refractivity contribution in [3.63, 3.8) is 0 Å². The van der Waals surface area contributed by atoms with Crippen molar-refractivity contribution in [3.05, 3.63) is 29.3 Å². The lowest BCUT2D eigenvalue weighted by atomic mass is 9.96. The van der Waals surface area contributed by atoms with Gasteiger partial charge in [0.25, 0.3) is 0 Å². The molecule has 4 atom stereocenters. The van der Waals surface area contributed by atoms with Crippen LogP contribution < -0.4 is 5.32 Å². The monoisotopic (exact) mass is 432 g/mol. The quantitative estimate of drug-likeness (QED) is 0.728. The highest BCUT2D eigenvalue weighted by Crippen LogP contribution is 2.33. The Morgan fingerprint density at radius 3 is 2.79 bits per heavy atom. The molecular weight excluding hydrogens is 408 g/mol. The number of hydrogen-bond donors (Lipinski definition) is 2. The molecule has 0 radical (unpaired) electrons. The van der Waals surface area contributed by atoms with Crippen LogP contribution in [-0.4, -0.2) is 74.9 Å². The minimum Gasteiger partial charge on any atom is -0.389 e. The van der Waals surface area contributed by atoms with E-state index in [0.717, 1.165) is 0 Å². The molecule has 156 valence electrons. The number of carbonyl (C=O) groups is 1. The van der Waals surface area contributed by atoms with Gasteiger partial charge in [-0.1, -0.05) is 23.7 Å². The summed E-state index contributed by atoms with van der Waals surface area (Å²) < 4.78 is 39.5. The first-order chi connectivity index (χ1) is 13.3. The third-order valence-corrected chi connectivity index (χ3v) is 7.44. The van der Waals surface area contributed by atoms with Gasteiger partial charge in [-0.2, -0.15) is 4.31 Å². The molecule has 8 nitrogen and oxygen atoms in total. The first kappa shape index (κ1) is 21.5. The fourth-order valence-corrected chi connectivity index (χ4v) is 5.87. The Bertz CT molecular complexity index is 805. The van der Waals surface area contributed by atoms with Gasteiger partial charge in [0.15, 0.2) is 0 Å². The third-order valence-electron chi connectivity index (χ3n) is 5.05. The average molecular weight is 433 g/mol. The predicted molar refractivity (Wildman–Crippen MR) is 103 cm³/mol. The summed E-state index contributed by atoms with van der Waals surface area (Å²) in [6.45, 7) is 0.0277. The highest BCUT2D eigenvalue weighted by atomic mass is 35.5. The van der Waals surface area contributed by atoms with E-state index in [1.165, 1.54) is 16.4 Å². The SMILES string of the molecule is CNC(=O)C[C@H]1CC[C@@H]2[C@H](COC[C@H](O)CN2S(=O)(=O)c2ccccc2Cl)O1. The Balaban J connectivity index is 1.88. The number of halogens is 1. The van der Waals surface area contributed by atoms with Gasteiger partial charge in [-0.05, 0) is 25.0 Å². The van der Waals surface area contributed by atoms with E-state index in [4.69, 9.17) is 21.1 Å². The molecule has 2 aliphatic rings. The minimum absolute atomic E-state index is 0.00122. The molecule has 1 amide bonds. The molecule has 0 bridgehead atoms. The van der Waals surface area contributed by atoms with E-state index in [0.29, 0.717) is 12.8 Å². The maximum atomic E-state index is 13.3. The molecule has 1 aromatic rings. The van der Waals surface area contributed by atoms with E-state index in [1.54, 1.807) is 19.2 Å². The van der Waals surface area contributed by atoms with Gasteiger partial charge in [-0.15, -0.1) is 0 Å². The Morgan fingerprint density at radius 1 is 1.32 bits per heavy atom. The zero-order valence-corrected chi connectivity index (χ0v) is 17.2. The van der Waals surface area contributed by atoms with Crippen LogP contribution in [-0.2, 0) is 24.3 Å². The molecule has 10 heteroatoms. The summed E-state index contributed by atoms with van der Waals surface area (Å²) in [4.78, 5) is 11.7. The third kappa shape index (κ3) is 4.67. The van der Waals surface area contributed by atoms with Crippen molar-refractivity contribution < 1.29 is 27.8 Å². The number of carbonyl (C=O) groups excluding carboxylic acids is 1. The zero-order valence-electron chi connectivity index (χ0n) is 15.6. The highest BCUT2D eigenvalue weighted by molar-refractivity contribution is 7.89. The van der Waals surface area contributed by atoms with Crippen LogP contribution in [0.5, 0.6) is 0 Å². The van der Waals surface area contributed by atoms with Gasteiger partial charge in [0.2, 0.25) is 15.9 Å². The van der Waals surface area contributed by atoms with Crippen molar-refractivity contribution in [2.24, 2.45) is 0 Å². The van der Waals surface area contributed by atoms with Crippen molar-refractivity contribution in [3.8, 4) is 0 Å². The normalized spacial score (nSPS) is 29.4. The molecule has 0 unspecified atom stereocenters. The van der Waals surface area contributed by atoms with E-state index in [9.17, 15) is 18.3 Å². The summed E-state index contributed by atoms with van der Waals surface area (Å²) in [5, 5.41) is 12.9. The smallest absolute Gasteiger partial charge is 0.244 e. The zero-order chi connectivity index (χ0) is 20.3.